The van der Waals surface area contributed by atoms with E-state index in [1.165, 1.54) is 44.0 Å². The first kappa shape index (κ1) is 36.1. The van der Waals surface area contributed by atoms with Crippen LogP contribution in [0.5, 0.6) is 0 Å². The first-order valence-corrected chi connectivity index (χ1v) is 21.7. The molecule has 2 aromatic heterocycles. The zero-order chi connectivity index (χ0) is 42.1. The summed E-state index contributed by atoms with van der Waals surface area (Å²) in [4.78, 5) is 20.7. The van der Waals surface area contributed by atoms with Crippen molar-refractivity contribution in [3.8, 4) is 61.8 Å². The van der Waals surface area contributed by atoms with Crippen molar-refractivity contribution < 1.29 is 0 Å². The molecule has 2 aliphatic heterocycles. The maximum Gasteiger partial charge on any atom is 0.424 e. The zero-order valence-electron chi connectivity index (χ0n) is 34.6. The van der Waals surface area contributed by atoms with E-state index >= 15 is 0 Å². The fraction of sp³-hybridized carbons (Fsp3) is 0. The van der Waals surface area contributed by atoms with Gasteiger partial charge in [0.2, 0.25) is 5.95 Å². The van der Waals surface area contributed by atoms with Crippen LogP contribution in [0.4, 0.5) is 23.0 Å². The highest BCUT2D eigenvalue weighted by Gasteiger charge is 2.48. The van der Waals surface area contributed by atoms with Gasteiger partial charge in [0.15, 0.2) is 11.6 Å². The SMILES string of the molecule is c1ccc(-c2nc(-c3ccccc3)nc(N3B4c5c(cccc5-c5cc(-c6ccc7c(c6)c6ccccc6n7-c6ccccc6)ccc53)-c3ccccc3N4c3ccccc3)n2)cc1. The van der Waals surface area contributed by atoms with E-state index in [-0.39, 0.29) is 6.98 Å². The first-order valence-electron chi connectivity index (χ1n) is 21.7. The molecule has 2 aliphatic rings. The molecule has 7 heteroatoms. The van der Waals surface area contributed by atoms with Crippen molar-refractivity contribution in [2.75, 3.05) is 9.62 Å². The van der Waals surface area contributed by atoms with Gasteiger partial charge in [-0.05, 0) is 88.4 Å². The number of hydrogen-bond acceptors (Lipinski definition) is 5. The van der Waals surface area contributed by atoms with Gasteiger partial charge in [0.05, 0.1) is 11.0 Å². The standard InChI is InChI=1S/C57H37BN6/c1-5-18-38(19-6-1)55-59-56(39-20-7-2-8-21-39)61-57(60-55)64-53-35-33-41(40-32-34-51-48(36-40)45-27-13-15-30-50(45)62(51)42-22-9-3-10-23-42)37-49(53)47-29-17-28-46-44-26-14-16-31-52(44)63(58(64)54(46)47)43-24-11-4-12-25-43/h1-37H. The van der Waals surface area contributed by atoms with Crippen LogP contribution in [0.1, 0.15) is 0 Å². The van der Waals surface area contributed by atoms with E-state index in [9.17, 15) is 0 Å². The molecule has 0 radical (unpaired) electrons. The Balaban J connectivity index is 1.07. The van der Waals surface area contributed by atoms with E-state index in [1.54, 1.807) is 0 Å². The second-order valence-electron chi connectivity index (χ2n) is 16.4. The van der Waals surface area contributed by atoms with Gasteiger partial charge < -0.3 is 14.2 Å². The van der Waals surface area contributed by atoms with Crippen molar-refractivity contribution in [2.24, 2.45) is 0 Å². The quantitative estimate of drug-likeness (QED) is 0.156. The smallest absolute Gasteiger partial charge is 0.361 e. The third-order valence-corrected chi connectivity index (χ3v) is 12.8. The van der Waals surface area contributed by atoms with Crippen molar-refractivity contribution >= 4 is 57.3 Å². The van der Waals surface area contributed by atoms with Gasteiger partial charge in [-0.2, -0.15) is 9.97 Å². The van der Waals surface area contributed by atoms with Crippen LogP contribution in [0.25, 0.3) is 83.6 Å². The molecule has 0 bridgehead atoms. The molecule has 0 spiro atoms. The molecule has 11 aromatic rings. The lowest BCUT2D eigenvalue weighted by Gasteiger charge is -2.46. The lowest BCUT2D eigenvalue weighted by atomic mass is 9.53. The maximum absolute atomic E-state index is 5.41. The third-order valence-electron chi connectivity index (χ3n) is 12.8. The number of fused-ring (bicyclic) bond motifs is 7. The van der Waals surface area contributed by atoms with E-state index < -0.39 is 0 Å². The molecule has 6 nitrogen and oxygen atoms in total. The molecular formula is C57H37BN6. The van der Waals surface area contributed by atoms with Gasteiger partial charge >= 0.3 is 6.98 Å². The monoisotopic (exact) mass is 816 g/mol. The minimum atomic E-state index is -0.336. The predicted molar refractivity (Wildman–Crippen MR) is 264 cm³/mol. The van der Waals surface area contributed by atoms with Crippen LogP contribution >= 0.6 is 0 Å². The summed E-state index contributed by atoms with van der Waals surface area (Å²) in [6, 6.07) is 79.9. The highest BCUT2D eigenvalue weighted by Crippen LogP contribution is 2.49. The molecular weight excluding hydrogens is 779 g/mol. The Labute approximate surface area is 371 Å². The zero-order valence-corrected chi connectivity index (χ0v) is 34.6. The van der Waals surface area contributed by atoms with Crippen LogP contribution in [0.3, 0.4) is 0 Å². The summed E-state index contributed by atoms with van der Waals surface area (Å²) in [6.45, 7) is -0.336. The predicted octanol–water partition coefficient (Wildman–Crippen LogP) is 13.3. The van der Waals surface area contributed by atoms with Crippen LogP contribution in [0.2, 0.25) is 0 Å². The molecule has 0 N–H and O–H groups in total. The van der Waals surface area contributed by atoms with E-state index in [1.807, 2.05) is 36.4 Å². The van der Waals surface area contributed by atoms with Crippen LogP contribution in [-0.4, -0.2) is 26.5 Å². The first-order chi connectivity index (χ1) is 31.8. The summed E-state index contributed by atoms with van der Waals surface area (Å²) in [5.41, 5.74) is 16.8. The Morgan fingerprint density at radius 3 is 1.58 bits per heavy atom. The summed E-state index contributed by atoms with van der Waals surface area (Å²) in [6.07, 6.45) is 0. The largest absolute Gasteiger partial charge is 0.424 e. The molecule has 13 rings (SSSR count). The van der Waals surface area contributed by atoms with E-state index in [4.69, 9.17) is 15.0 Å². The lowest BCUT2D eigenvalue weighted by Crippen LogP contribution is -2.62. The normalized spacial score (nSPS) is 12.6. The summed E-state index contributed by atoms with van der Waals surface area (Å²) < 4.78 is 2.37. The average Bonchev–Trinajstić information content (AvgIpc) is 3.71. The fourth-order valence-corrected chi connectivity index (χ4v) is 10.0. The van der Waals surface area contributed by atoms with Gasteiger partial charge in [-0.1, -0.05) is 164 Å². The van der Waals surface area contributed by atoms with Crippen molar-refractivity contribution in [3.05, 3.63) is 224 Å². The second kappa shape index (κ2) is 14.5. The molecule has 0 saturated carbocycles. The minimum absolute atomic E-state index is 0.336. The molecule has 0 saturated heterocycles. The molecule has 0 unspecified atom stereocenters. The van der Waals surface area contributed by atoms with Crippen LogP contribution < -0.4 is 15.1 Å². The van der Waals surface area contributed by atoms with Gasteiger partial charge in [0.1, 0.15) is 0 Å². The minimum Gasteiger partial charge on any atom is -0.361 e. The second-order valence-corrected chi connectivity index (χ2v) is 16.4. The molecule has 0 amide bonds. The number of anilines is 4. The molecule has 64 heavy (non-hydrogen) atoms. The van der Waals surface area contributed by atoms with Crippen molar-refractivity contribution in [3.63, 3.8) is 0 Å². The summed E-state index contributed by atoms with van der Waals surface area (Å²) >= 11 is 0. The van der Waals surface area contributed by atoms with Crippen LogP contribution in [0.15, 0.2) is 224 Å². The Bertz CT molecular complexity index is 3520. The Hall–Kier alpha value is -8.55. The van der Waals surface area contributed by atoms with E-state index in [2.05, 4.69) is 202 Å². The topological polar surface area (TPSA) is 50.1 Å². The molecule has 298 valence electrons. The summed E-state index contributed by atoms with van der Waals surface area (Å²) in [5.74, 6) is 1.81. The molecule has 9 aromatic carbocycles. The van der Waals surface area contributed by atoms with Crippen LogP contribution in [-0.2, 0) is 0 Å². The summed E-state index contributed by atoms with van der Waals surface area (Å²) in [5, 5.41) is 2.45. The highest BCUT2D eigenvalue weighted by molar-refractivity contribution is 6.86. The van der Waals surface area contributed by atoms with Crippen molar-refractivity contribution in [2.45, 2.75) is 0 Å². The molecule has 0 fully saturated rings. The lowest BCUT2D eigenvalue weighted by molar-refractivity contribution is 1.03. The van der Waals surface area contributed by atoms with E-state index in [0.717, 1.165) is 50.6 Å². The molecule has 4 heterocycles. The van der Waals surface area contributed by atoms with Gasteiger partial charge in [0.25, 0.3) is 0 Å². The number of rotatable bonds is 6. The molecule has 0 aliphatic carbocycles. The maximum atomic E-state index is 5.41. The van der Waals surface area contributed by atoms with Gasteiger partial charge in [-0.25, -0.2) is 4.98 Å². The average molecular weight is 817 g/mol. The van der Waals surface area contributed by atoms with Crippen LogP contribution in [0, 0.1) is 0 Å². The van der Waals surface area contributed by atoms with Gasteiger partial charge in [0, 0.05) is 55.8 Å². The summed E-state index contributed by atoms with van der Waals surface area (Å²) in [7, 11) is 0. The number of benzene rings is 9. The fourth-order valence-electron chi connectivity index (χ4n) is 10.0. The van der Waals surface area contributed by atoms with Gasteiger partial charge in [-0.3, -0.25) is 0 Å². The number of aromatic nitrogens is 4. The number of para-hydroxylation sites is 4. The van der Waals surface area contributed by atoms with Gasteiger partial charge in [-0.15, -0.1) is 0 Å². The third kappa shape index (κ3) is 5.64. The number of hydrogen-bond donors (Lipinski definition) is 0. The molecule has 0 atom stereocenters. The Morgan fingerprint density at radius 2 is 0.859 bits per heavy atom. The van der Waals surface area contributed by atoms with Crippen molar-refractivity contribution in [1.29, 1.82) is 0 Å². The Morgan fingerprint density at radius 1 is 0.328 bits per heavy atom. The van der Waals surface area contributed by atoms with E-state index in [0.29, 0.717) is 17.6 Å². The van der Waals surface area contributed by atoms with Crippen molar-refractivity contribution in [1.82, 2.24) is 19.5 Å². The Kier molecular flexibility index (Phi) is 8.21. The highest BCUT2D eigenvalue weighted by atomic mass is 15.3. The number of nitrogens with zero attached hydrogens (tertiary/aromatic N) is 6.